The van der Waals surface area contributed by atoms with Gasteiger partial charge in [-0.3, -0.25) is 4.79 Å². The van der Waals surface area contributed by atoms with Gasteiger partial charge in [-0.2, -0.15) is 0 Å². The van der Waals surface area contributed by atoms with Crippen LogP contribution in [0.2, 0.25) is 0 Å². The number of aromatic nitrogens is 1. The first-order valence-electron chi connectivity index (χ1n) is 5.27. The molecule has 2 N–H and O–H groups in total. The maximum absolute atomic E-state index is 11.7. The van der Waals surface area contributed by atoms with E-state index in [4.69, 9.17) is 0 Å². The molecule has 16 heavy (non-hydrogen) atoms. The second kappa shape index (κ2) is 4.66. The van der Waals surface area contributed by atoms with Gasteiger partial charge in [0.25, 0.3) is 5.91 Å². The average molecular weight is 214 g/mol. The van der Waals surface area contributed by atoms with Crippen LogP contribution in [0, 0.1) is 0 Å². The summed E-state index contributed by atoms with van der Waals surface area (Å²) in [5.41, 5.74) is 1.66. The summed E-state index contributed by atoms with van der Waals surface area (Å²) in [5.74, 6) is -0.0432. The Morgan fingerprint density at radius 2 is 2.31 bits per heavy atom. The summed E-state index contributed by atoms with van der Waals surface area (Å²) in [5, 5.41) is 3.95. The first-order valence-corrected chi connectivity index (χ1v) is 5.27. The van der Waals surface area contributed by atoms with Crippen LogP contribution < -0.4 is 5.32 Å². The number of carbonyl (C=O) groups is 1. The van der Waals surface area contributed by atoms with Gasteiger partial charge in [-0.25, -0.2) is 0 Å². The molecule has 0 spiro atoms. The molecule has 1 aromatic heterocycles. The van der Waals surface area contributed by atoms with Crippen molar-refractivity contribution >= 4 is 16.8 Å². The number of benzene rings is 1. The maximum atomic E-state index is 11.7. The quantitative estimate of drug-likeness (QED) is 0.596. The Morgan fingerprint density at radius 1 is 1.44 bits per heavy atom. The van der Waals surface area contributed by atoms with Crippen LogP contribution in [-0.4, -0.2) is 17.4 Å². The Balaban J connectivity index is 2.12. The zero-order chi connectivity index (χ0) is 11.4. The predicted octanol–water partition coefficient (Wildman–Crippen LogP) is 2.47. The third kappa shape index (κ3) is 2.14. The fourth-order valence-corrected chi connectivity index (χ4v) is 1.58. The Labute approximate surface area is 94.2 Å². The summed E-state index contributed by atoms with van der Waals surface area (Å²) < 4.78 is 0. The van der Waals surface area contributed by atoms with E-state index in [1.54, 1.807) is 6.08 Å². The van der Waals surface area contributed by atoms with Crippen molar-refractivity contribution in [3.05, 3.63) is 48.7 Å². The van der Waals surface area contributed by atoms with E-state index in [9.17, 15) is 4.79 Å². The minimum absolute atomic E-state index is 0.0432. The highest BCUT2D eigenvalue weighted by Crippen LogP contribution is 2.13. The fourth-order valence-electron chi connectivity index (χ4n) is 1.58. The third-order valence-corrected chi connectivity index (χ3v) is 2.45. The van der Waals surface area contributed by atoms with E-state index in [2.05, 4.69) is 16.9 Å². The van der Waals surface area contributed by atoms with Crippen molar-refractivity contribution in [3.63, 3.8) is 0 Å². The van der Waals surface area contributed by atoms with Crippen LogP contribution in [0.15, 0.2) is 43.1 Å². The number of carbonyl (C=O) groups excluding carboxylic acids is 1. The van der Waals surface area contributed by atoms with Crippen molar-refractivity contribution < 1.29 is 4.79 Å². The summed E-state index contributed by atoms with van der Waals surface area (Å²) in [6, 6.07) is 7.61. The molecule has 0 saturated carbocycles. The zero-order valence-corrected chi connectivity index (χ0v) is 8.99. The van der Waals surface area contributed by atoms with E-state index in [-0.39, 0.29) is 5.91 Å². The van der Waals surface area contributed by atoms with E-state index >= 15 is 0 Å². The van der Waals surface area contributed by atoms with E-state index in [1.165, 1.54) is 0 Å². The average Bonchev–Trinajstić information content (AvgIpc) is 2.76. The Morgan fingerprint density at radius 3 is 3.12 bits per heavy atom. The number of hydrogen-bond donors (Lipinski definition) is 2. The van der Waals surface area contributed by atoms with Crippen LogP contribution in [0.3, 0.4) is 0 Å². The molecule has 1 amide bonds. The highest BCUT2D eigenvalue weighted by Gasteiger charge is 2.05. The summed E-state index contributed by atoms with van der Waals surface area (Å²) in [7, 11) is 0. The lowest BCUT2D eigenvalue weighted by molar-refractivity contribution is 0.0954. The monoisotopic (exact) mass is 214 g/mol. The normalized spacial score (nSPS) is 10.2. The molecule has 0 aliphatic rings. The number of aromatic amines is 1. The molecule has 0 bridgehead atoms. The number of amides is 1. The number of H-pyrrole nitrogens is 1. The van der Waals surface area contributed by atoms with Crippen LogP contribution in [0.4, 0.5) is 0 Å². The van der Waals surface area contributed by atoms with Gasteiger partial charge in [0, 0.05) is 23.8 Å². The molecule has 0 aliphatic heterocycles. The largest absolute Gasteiger partial charge is 0.361 e. The Bertz CT molecular complexity index is 513. The van der Waals surface area contributed by atoms with E-state index in [0.717, 1.165) is 17.3 Å². The van der Waals surface area contributed by atoms with Gasteiger partial charge in [0.1, 0.15) is 0 Å². The SMILES string of the molecule is C=CCCNC(=O)c1ccc2cc[nH]c2c1. The fraction of sp³-hybridized carbons (Fsp3) is 0.154. The molecule has 0 radical (unpaired) electrons. The summed E-state index contributed by atoms with van der Waals surface area (Å²) in [4.78, 5) is 14.8. The molecule has 0 fully saturated rings. The van der Waals surface area contributed by atoms with Crippen LogP contribution in [-0.2, 0) is 0 Å². The van der Waals surface area contributed by atoms with Gasteiger partial charge in [0.15, 0.2) is 0 Å². The number of nitrogens with one attached hydrogen (secondary N) is 2. The van der Waals surface area contributed by atoms with Gasteiger partial charge in [0.2, 0.25) is 0 Å². The molecule has 0 aliphatic carbocycles. The van der Waals surface area contributed by atoms with Crippen molar-refractivity contribution in [1.82, 2.24) is 10.3 Å². The topological polar surface area (TPSA) is 44.9 Å². The molecule has 0 saturated heterocycles. The highest BCUT2D eigenvalue weighted by molar-refractivity contribution is 5.97. The molecule has 3 heteroatoms. The third-order valence-electron chi connectivity index (χ3n) is 2.45. The minimum Gasteiger partial charge on any atom is -0.361 e. The van der Waals surface area contributed by atoms with Crippen molar-refractivity contribution in [2.75, 3.05) is 6.54 Å². The van der Waals surface area contributed by atoms with Crippen molar-refractivity contribution in [3.8, 4) is 0 Å². The lowest BCUT2D eigenvalue weighted by Gasteiger charge is -2.03. The lowest BCUT2D eigenvalue weighted by atomic mass is 10.1. The van der Waals surface area contributed by atoms with Crippen molar-refractivity contribution in [1.29, 1.82) is 0 Å². The van der Waals surface area contributed by atoms with Gasteiger partial charge in [-0.05, 0) is 30.0 Å². The molecule has 1 aromatic carbocycles. The summed E-state index contributed by atoms with van der Waals surface area (Å²) >= 11 is 0. The van der Waals surface area contributed by atoms with Crippen molar-refractivity contribution in [2.45, 2.75) is 6.42 Å². The second-order valence-corrected chi connectivity index (χ2v) is 3.61. The van der Waals surface area contributed by atoms with Crippen LogP contribution in [0.1, 0.15) is 16.8 Å². The Kier molecular flexibility index (Phi) is 3.05. The molecule has 0 atom stereocenters. The number of fused-ring (bicyclic) bond motifs is 1. The first-order chi connectivity index (χ1) is 7.81. The van der Waals surface area contributed by atoms with Gasteiger partial charge in [-0.1, -0.05) is 12.1 Å². The smallest absolute Gasteiger partial charge is 0.251 e. The lowest BCUT2D eigenvalue weighted by Crippen LogP contribution is -2.23. The number of hydrogen-bond acceptors (Lipinski definition) is 1. The van der Waals surface area contributed by atoms with Gasteiger partial charge in [0.05, 0.1) is 0 Å². The van der Waals surface area contributed by atoms with Crippen LogP contribution in [0.25, 0.3) is 10.9 Å². The molecule has 2 rings (SSSR count). The summed E-state index contributed by atoms with van der Waals surface area (Å²) in [6.45, 7) is 4.24. The molecule has 82 valence electrons. The zero-order valence-electron chi connectivity index (χ0n) is 8.99. The predicted molar refractivity (Wildman–Crippen MR) is 65.4 cm³/mol. The van der Waals surface area contributed by atoms with Gasteiger partial charge < -0.3 is 10.3 Å². The van der Waals surface area contributed by atoms with Crippen LogP contribution >= 0.6 is 0 Å². The van der Waals surface area contributed by atoms with Gasteiger partial charge in [-0.15, -0.1) is 6.58 Å². The molecule has 2 aromatic rings. The maximum Gasteiger partial charge on any atom is 0.251 e. The second-order valence-electron chi connectivity index (χ2n) is 3.61. The minimum atomic E-state index is -0.0432. The Hall–Kier alpha value is -2.03. The van der Waals surface area contributed by atoms with Gasteiger partial charge >= 0.3 is 0 Å². The molecule has 0 unspecified atom stereocenters. The highest BCUT2D eigenvalue weighted by atomic mass is 16.1. The standard InChI is InChI=1S/C13H14N2O/c1-2-3-7-15-13(16)11-5-4-10-6-8-14-12(10)9-11/h2,4-6,8-9,14H,1,3,7H2,(H,15,16). The molecule has 3 nitrogen and oxygen atoms in total. The molecular weight excluding hydrogens is 200 g/mol. The van der Waals surface area contributed by atoms with Crippen LogP contribution in [0.5, 0.6) is 0 Å². The first kappa shape index (κ1) is 10.5. The van der Waals surface area contributed by atoms with E-state index in [1.807, 2.05) is 30.5 Å². The van der Waals surface area contributed by atoms with Crippen molar-refractivity contribution in [2.24, 2.45) is 0 Å². The molecule has 1 heterocycles. The number of rotatable bonds is 4. The molecular formula is C13H14N2O. The summed E-state index contributed by atoms with van der Waals surface area (Å²) in [6.07, 6.45) is 4.44. The van der Waals surface area contributed by atoms with E-state index in [0.29, 0.717) is 12.1 Å². The van der Waals surface area contributed by atoms with E-state index < -0.39 is 0 Å².